The first-order valence-electron chi connectivity index (χ1n) is 11.0. The number of carbonyl (C=O) groups is 1. The van der Waals surface area contributed by atoms with E-state index in [2.05, 4.69) is 10.2 Å². The van der Waals surface area contributed by atoms with Gasteiger partial charge < -0.3 is 19.7 Å². The first-order valence-corrected chi connectivity index (χ1v) is 11.0. The third kappa shape index (κ3) is 4.78. The van der Waals surface area contributed by atoms with E-state index in [1.165, 1.54) is 12.8 Å². The fraction of sp³-hybridized carbons (Fsp3) is 0.360. The summed E-state index contributed by atoms with van der Waals surface area (Å²) in [6.07, 6.45) is 2.47. The number of ether oxygens (including phenoxy) is 2. The third-order valence-electron chi connectivity index (χ3n) is 5.82. The maximum absolute atomic E-state index is 13.1. The van der Waals surface area contributed by atoms with Gasteiger partial charge in [0.05, 0.1) is 25.6 Å². The Hall–Kier alpha value is -3.32. The van der Waals surface area contributed by atoms with Crippen molar-refractivity contribution in [1.82, 2.24) is 20.0 Å². The van der Waals surface area contributed by atoms with E-state index in [-0.39, 0.29) is 5.91 Å². The molecule has 0 saturated carbocycles. The van der Waals surface area contributed by atoms with Crippen LogP contribution < -0.4 is 14.8 Å². The molecule has 1 N–H and O–H groups in total. The molecule has 1 aliphatic heterocycles. The summed E-state index contributed by atoms with van der Waals surface area (Å²) in [6, 6.07) is 15.4. The van der Waals surface area contributed by atoms with E-state index in [9.17, 15) is 4.79 Å². The molecule has 7 heteroatoms. The largest absolute Gasteiger partial charge is 0.497 e. The topological polar surface area (TPSA) is 68.6 Å². The molecule has 1 aliphatic rings. The van der Waals surface area contributed by atoms with Crippen molar-refractivity contribution in [2.24, 2.45) is 0 Å². The van der Waals surface area contributed by atoms with Gasteiger partial charge in [-0.2, -0.15) is 5.10 Å². The van der Waals surface area contributed by atoms with Crippen molar-refractivity contribution < 1.29 is 14.3 Å². The van der Waals surface area contributed by atoms with Crippen molar-refractivity contribution in [3.8, 4) is 28.4 Å². The second-order valence-electron chi connectivity index (χ2n) is 8.03. The van der Waals surface area contributed by atoms with Crippen molar-refractivity contribution in [2.45, 2.75) is 19.8 Å². The molecule has 0 radical (unpaired) electrons. The molecule has 0 atom stereocenters. The van der Waals surface area contributed by atoms with Crippen LogP contribution in [0.1, 0.15) is 28.9 Å². The van der Waals surface area contributed by atoms with Crippen molar-refractivity contribution in [1.29, 1.82) is 0 Å². The van der Waals surface area contributed by atoms with Crippen molar-refractivity contribution in [2.75, 3.05) is 40.4 Å². The molecule has 1 fully saturated rings. The smallest absolute Gasteiger partial charge is 0.270 e. The highest BCUT2D eigenvalue weighted by Crippen LogP contribution is 2.33. The number of benzene rings is 2. The number of aryl methyl sites for hydroxylation is 1. The monoisotopic (exact) mass is 434 g/mol. The second-order valence-corrected chi connectivity index (χ2v) is 8.03. The second kappa shape index (κ2) is 9.87. The molecular weight excluding hydrogens is 404 g/mol. The summed E-state index contributed by atoms with van der Waals surface area (Å²) in [5, 5.41) is 7.84. The van der Waals surface area contributed by atoms with Crippen LogP contribution in [0.2, 0.25) is 0 Å². The van der Waals surface area contributed by atoms with Crippen LogP contribution in [0.15, 0.2) is 48.5 Å². The average molecular weight is 435 g/mol. The Kier molecular flexibility index (Phi) is 6.75. The number of likely N-dealkylation sites (tertiary alicyclic amines) is 1. The lowest BCUT2D eigenvalue weighted by molar-refractivity contribution is 0.0942. The number of nitrogens with zero attached hydrogens (tertiary/aromatic N) is 3. The summed E-state index contributed by atoms with van der Waals surface area (Å²) < 4.78 is 12.6. The maximum Gasteiger partial charge on any atom is 0.270 e. The minimum absolute atomic E-state index is 0.143. The van der Waals surface area contributed by atoms with Crippen molar-refractivity contribution in [3.05, 3.63) is 59.8 Å². The van der Waals surface area contributed by atoms with Gasteiger partial charge in [0.25, 0.3) is 5.91 Å². The van der Waals surface area contributed by atoms with Crippen LogP contribution in [-0.2, 0) is 0 Å². The Morgan fingerprint density at radius 3 is 2.47 bits per heavy atom. The van der Waals surface area contributed by atoms with Gasteiger partial charge in [0.1, 0.15) is 17.2 Å². The van der Waals surface area contributed by atoms with E-state index in [1.807, 2.05) is 55.5 Å². The first-order chi connectivity index (χ1) is 15.6. The molecule has 0 unspecified atom stereocenters. The maximum atomic E-state index is 13.1. The number of aromatic nitrogens is 2. The number of amides is 1. The molecule has 2 heterocycles. The van der Waals surface area contributed by atoms with Gasteiger partial charge in [-0.05, 0) is 63.2 Å². The number of nitrogens with one attached hydrogen (secondary N) is 1. The first kappa shape index (κ1) is 21.9. The number of hydrogen-bond donors (Lipinski definition) is 1. The Morgan fingerprint density at radius 2 is 1.78 bits per heavy atom. The van der Waals surface area contributed by atoms with Crippen LogP contribution in [0.4, 0.5) is 0 Å². The van der Waals surface area contributed by atoms with Gasteiger partial charge in [0.2, 0.25) is 0 Å². The van der Waals surface area contributed by atoms with E-state index in [4.69, 9.17) is 14.6 Å². The lowest BCUT2D eigenvalue weighted by Gasteiger charge is -2.15. The summed E-state index contributed by atoms with van der Waals surface area (Å²) in [4.78, 5) is 15.5. The summed E-state index contributed by atoms with van der Waals surface area (Å²) in [7, 11) is 3.23. The van der Waals surface area contributed by atoms with Crippen molar-refractivity contribution >= 4 is 5.91 Å². The summed E-state index contributed by atoms with van der Waals surface area (Å²) >= 11 is 0. The fourth-order valence-electron chi connectivity index (χ4n) is 3.99. The van der Waals surface area contributed by atoms with Gasteiger partial charge in [-0.25, -0.2) is 4.68 Å². The zero-order valence-corrected chi connectivity index (χ0v) is 18.9. The zero-order chi connectivity index (χ0) is 22.5. The molecule has 0 bridgehead atoms. The molecule has 3 aromatic rings. The van der Waals surface area contributed by atoms with Crippen LogP contribution in [-0.4, -0.2) is 61.0 Å². The van der Waals surface area contributed by atoms with Crippen LogP contribution >= 0.6 is 0 Å². The Balaban J connectivity index is 1.65. The third-order valence-corrected chi connectivity index (χ3v) is 5.82. The van der Waals surface area contributed by atoms with E-state index >= 15 is 0 Å². The Bertz CT molecular complexity index is 1070. The molecule has 1 aromatic heterocycles. The molecule has 1 amide bonds. The van der Waals surface area contributed by atoms with E-state index in [0.29, 0.717) is 29.4 Å². The fourth-order valence-corrected chi connectivity index (χ4v) is 3.99. The van der Waals surface area contributed by atoms with E-state index < -0.39 is 0 Å². The molecule has 1 saturated heterocycles. The van der Waals surface area contributed by atoms with Gasteiger partial charge in [-0.1, -0.05) is 17.7 Å². The normalized spacial score (nSPS) is 13.8. The molecule has 168 valence electrons. The quantitative estimate of drug-likeness (QED) is 0.586. The molecule has 2 aromatic carbocycles. The predicted octanol–water partition coefficient (Wildman–Crippen LogP) is 3.69. The Morgan fingerprint density at radius 1 is 1.03 bits per heavy atom. The molecule has 4 rings (SSSR count). The average Bonchev–Trinajstić information content (AvgIpc) is 3.49. The predicted molar refractivity (Wildman–Crippen MR) is 125 cm³/mol. The number of rotatable bonds is 8. The standard InChI is InChI=1S/C25H30N4O3/c1-18-6-8-19(9-7-18)29-23(25(30)26-12-15-28-13-4-5-14-28)17-22(27-29)21-11-10-20(31-2)16-24(21)32-3/h6-11,16-17H,4-5,12-15H2,1-3H3,(H,26,30). The molecule has 32 heavy (non-hydrogen) atoms. The highest BCUT2D eigenvalue weighted by molar-refractivity contribution is 5.94. The highest BCUT2D eigenvalue weighted by atomic mass is 16.5. The lowest BCUT2D eigenvalue weighted by Crippen LogP contribution is -2.34. The van der Waals surface area contributed by atoms with Gasteiger partial charge in [-0.3, -0.25) is 4.79 Å². The summed E-state index contributed by atoms with van der Waals surface area (Å²) in [6.45, 7) is 5.73. The minimum atomic E-state index is -0.143. The van der Waals surface area contributed by atoms with Crippen molar-refractivity contribution in [3.63, 3.8) is 0 Å². The molecular formula is C25H30N4O3. The van der Waals surface area contributed by atoms with Gasteiger partial charge in [0, 0.05) is 24.7 Å². The number of methoxy groups -OCH3 is 2. The SMILES string of the molecule is COc1ccc(-c2cc(C(=O)NCCN3CCCC3)n(-c3ccc(C)cc3)n2)c(OC)c1. The van der Waals surface area contributed by atoms with Gasteiger partial charge >= 0.3 is 0 Å². The minimum Gasteiger partial charge on any atom is -0.497 e. The van der Waals surface area contributed by atoms with E-state index in [1.54, 1.807) is 18.9 Å². The van der Waals surface area contributed by atoms with Crippen LogP contribution in [0.5, 0.6) is 11.5 Å². The van der Waals surface area contributed by atoms with Gasteiger partial charge in [-0.15, -0.1) is 0 Å². The van der Waals surface area contributed by atoms with E-state index in [0.717, 1.165) is 36.4 Å². The number of hydrogen-bond acceptors (Lipinski definition) is 5. The molecule has 0 spiro atoms. The zero-order valence-electron chi connectivity index (χ0n) is 18.9. The number of carbonyl (C=O) groups excluding carboxylic acids is 1. The van der Waals surface area contributed by atoms with Gasteiger partial charge in [0.15, 0.2) is 0 Å². The molecule has 0 aliphatic carbocycles. The summed E-state index contributed by atoms with van der Waals surface area (Å²) in [5.41, 5.74) is 3.93. The van der Waals surface area contributed by atoms with Crippen LogP contribution in [0.3, 0.4) is 0 Å². The van der Waals surface area contributed by atoms with Crippen LogP contribution in [0.25, 0.3) is 16.9 Å². The molecule has 7 nitrogen and oxygen atoms in total. The Labute approximate surface area is 188 Å². The summed E-state index contributed by atoms with van der Waals surface area (Å²) in [5.74, 6) is 1.19. The highest BCUT2D eigenvalue weighted by Gasteiger charge is 2.20. The lowest BCUT2D eigenvalue weighted by atomic mass is 10.1. The van der Waals surface area contributed by atoms with Crippen LogP contribution in [0, 0.1) is 6.92 Å².